The maximum atomic E-state index is 12.2. The third-order valence-corrected chi connectivity index (χ3v) is 5.03. The molecule has 0 spiro atoms. The van der Waals surface area contributed by atoms with Crippen LogP contribution in [-0.4, -0.2) is 12.6 Å². The summed E-state index contributed by atoms with van der Waals surface area (Å²) < 4.78 is 11.1. The van der Waals surface area contributed by atoms with E-state index >= 15 is 0 Å². The van der Waals surface area contributed by atoms with E-state index in [1.54, 1.807) is 36.4 Å². The highest BCUT2D eigenvalue weighted by atomic mass is 16.5. The Morgan fingerprint density at radius 1 is 0.767 bits per heavy atom. The van der Waals surface area contributed by atoms with E-state index < -0.39 is 5.97 Å². The van der Waals surface area contributed by atoms with E-state index in [0.29, 0.717) is 23.6 Å². The van der Waals surface area contributed by atoms with Crippen LogP contribution in [0.15, 0.2) is 48.5 Å². The molecular weight excluding hydrogens is 374 g/mol. The Morgan fingerprint density at radius 3 is 1.87 bits per heavy atom. The Labute approximate surface area is 181 Å². The summed E-state index contributed by atoms with van der Waals surface area (Å²) in [5.74, 6) is 0.818. The summed E-state index contributed by atoms with van der Waals surface area (Å²) in [6.07, 6.45) is 13.1. The number of hydrogen-bond acceptors (Lipinski definition) is 3. The van der Waals surface area contributed by atoms with Crippen LogP contribution in [0.1, 0.15) is 81.5 Å². The van der Waals surface area contributed by atoms with Gasteiger partial charge in [0.05, 0.1) is 18.7 Å². The van der Waals surface area contributed by atoms with E-state index in [1.165, 1.54) is 57.8 Å². The minimum absolute atomic E-state index is 0.420. The van der Waals surface area contributed by atoms with Crippen molar-refractivity contribution in [2.45, 2.75) is 71.1 Å². The lowest BCUT2D eigenvalue weighted by atomic mass is 10.1. The number of carbonyl (C=O) groups excluding carboxylic acids is 1. The third-order valence-electron chi connectivity index (χ3n) is 5.03. The number of nitrogens with zero attached hydrogens (tertiary/aromatic N) is 1. The number of ether oxygens (including phenoxy) is 2. The molecule has 0 heterocycles. The highest BCUT2D eigenvalue weighted by Gasteiger charge is 2.08. The molecule has 0 unspecified atom stereocenters. The van der Waals surface area contributed by atoms with Crippen molar-refractivity contribution in [1.82, 2.24) is 0 Å². The zero-order valence-corrected chi connectivity index (χ0v) is 18.1. The maximum absolute atomic E-state index is 12.2. The molecule has 0 radical (unpaired) electrons. The van der Waals surface area contributed by atoms with Crippen LogP contribution >= 0.6 is 0 Å². The van der Waals surface area contributed by atoms with Gasteiger partial charge < -0.3 is 9.47 Å². The molecule has 0 atom stereocenters. The number of esters is 1. The first-order valence-corrected chi connectivity index (χ1v) is 11.2. The molecule has 30 heavy (non-hydrogen) atoms. The zero-order chi connectivity index (χ0) is 21.4. The predicted molar refractivity (Wildman–Crippen MR) is 121 cm³/mol. The number of rotatable bonds is 14. The van der Waals surface area contributed by atoms with Crippen LogP contribution in [0.5, 0.6) is 11.5 Å². The van der Waals surface area contributed by atoms with Crippen molar-refractivity contribution >= 4 is 11.7 Å². The molecule has 2 aromatic rings. The first kappa shape index (κ1) is 23.5. The molecule has 0 saturated carbocycles. The standard InChI is InChI=1S/C26H33NO3/c1-3-4-5-6-7-8-9-10-11-12-21-29-24-17-19-25(20-18-24)30-26(28)22-13-15-23(27-2)16-14-22/h13-20H,3-12,21H2,1H3. The molecule has 0 aliphatic carbocycles. The molecule has 0 aliphatic rings. The number of carbonyl (C=O) groups is 1. The van der Waals surface area contributed by atoms with E-state index in [2.05, 4.69) is 11.8 Å². The van der Waals surface area contributed by atoms with Gasteiger partial charge in [0.15, 0.2) is 5.69 Å². The molecule has 0 aromatic heterocycles. The summed E-state index contributed by atoms with van der Waals surface area (Å²) >= 11 is 0. The van der Waals surface area contributed by atoms with Crippen molar-refractivity contribution < 1.29 is 14.3 Å². The van der Waals surface area contributed by atoms with Crippen LogP contribution < -0.4 is 9.47 Å². The van der Waals surface area contributed by atoms with Crippen LogP contribution in [0.25, 0.3) is 4.85 Å². The highest BCUT2D eigenvalue weighted by Crippen LogP contribution is 2.20. The second kappa shape index (κ2) is 14.2. The van der Waals surface area contributed by atoms with Gasteiger partial charge in [0.2, 0.25) is 0 Å². The van der Waals surface area contributed by atoms with Crippen molar-refractivity contribution in [3.63, 3.8) is 0 Å². The second-order valence-corrected chi connectivity index (χ2v) is 7.55. The van der Waals surface area contributed by atoms with Gasteiger partial charge in [-0.2, -0.15) is 0 Å². The minimum Gasteiger partial charge on any atom is -0.494 e. The Balaban J connectivity index is 1.58. The summed E-state index contributed by atoms with van der Waals surface area (Å²) in [6, 6.07) is 13.5. The fraction of sp³-hybridized carbons (Fsp3) is 0.462. The summed E-state index contributed by atoms with van der Waals surface area (Å²) in [5.41, 5.74) is 0.916. The highest BCUT2D eigenvalue weighted by molar-refractivity contribution is 5.91. The van der Waals surface area contributed by atoms with Gasteiger partial charge in [0.25, 0.3) is 0 Å². The van der Waals surface area contributed by atoms with Crippen molar-refractivity contribution in [2.24, 2.45) is 0 Å². The largest absolute Gasteiger partial charge is 0.494 e. The molecule has 0 bridgehead atoms. The summed E-state index contributed by atoms with van der Waals surface area (Å²) in [6.45, 7) is 9.91. The second-order valence-electron chi connectivity index (χ2n) is 7.55. The summed E-state index contributed by atoms with van der Waals surface area (Å²) in [4.78, 5) is 15.5. The lowest BCUT2D eigenvalue weighted by Crippen LogP contribution is -2.08. The molecule has 4 nitrogen and oxygen atoms in total. The van der Waals surface area contributed by atoms with Crippen LogP contribution in [0.4, 0.5) is 5.69 Å². The monoisotopic (exact) mass is 407 g/mol. The fourth-order valence-electron chi connectivity index (χ4n) is 3.22. The average molecular weight is 408 g/mol. The van der Waals surface area contributed by atoms with E-state index in [1.807, 2.05) is 12.1 Å². The van der Waals surface area contributed by atoms with Gasteiger partial charge in [0.1, 0.15) is 11.5 Å². The molecule has 4 heteroatoms. The minimum atomic E-state index is -0.439. The van der Waals surface area contributed by atoms with Crippen molar-refractivity contribution in [1.29, 1.82) is 0 Å². The fourth-order valence-corrected chi connectivity index (χ4v) is 3.22. The number of benzene rings is 2. The van der Waals surface area contributed by atoms with Gasteiger partial charge in [0, 0.05) is 0 Å². The molecule has 2 aromatic carbocycles. The van der Waals surface area contributed by atoms with E-state index in [9.17, 15) is 4.79 Å². The molecule has 160 valence electrons. The SMILES string of the molecule is [C-]#[N+]c1ccc(C(=O)Oc2ccc(OCCCCCCCCCCCC)cc2)cc1. The van der Waals surface area contributed by atoms with Crippen LogP contribution in [-0.2, 0) is 0 Å². The van der Waals surface area contributed by atoms with Gasteiger partial charge in [-0.1, -0.05) is 89.0 Å². The van der Waals surface area contributed by atoms with Gasteiger partial charge in [-0.15, -0.1) is 0 Å². The lowest BCUT2D eigenvalue weighted by molar-refractivity contribution is 0.0734. The van der Waals surface area contributed by atoms with E-state index in [-0.39, 0.29) is 0 Å². The molecule has 2 rings (SSSR count). The Morgan fingerprint density at radius 2 is 1.30 bits per heavy atom. The molecule has 0 fully saturated rings. The van der Waals surface area contributed by atoms with Crippen LogP contribution in [0.2, 0.25) is 0 Å². The first-order chi connectivity index (χ1) is 14.7. The normalized spacial score (nSPS) is 10.4. The molecule has 0 saturated heterocycles. The van der Waals surface area contributed by atoms with Gasteiger partial charge in [-0.3, -0.25) is 0 Å². The topological polar surface area (TPSA) is 39.9 Å². The van der Waals surface area contributed by atoms with Crippen molar-refractivity contribution in [3.05, 3.63) is 65.5 Å². The smallest absolute Gasteiger partial charge is 0.343 e. The Kier molecular flexibility index (Phi) is 11.1. The van der Waals surface area contributed by atoms with Gasteiger partial charge in [-0.05, 0) is 30.7 Å². The molecule has 0 aliphatic heterocycles. The summed E-state index contributed by atoms with van der Waals surface area (Å²) in [5, 5.41) is 0. The molecule has 0 amide bonds. The van der Waals surface area contributed by atoms with Crippen molar-refractivity contribution in [3.8, 4) is 11.5 Å². The number of unbranched alkanes of at least 4 members (excludes halogenated alkanes) is 9. The Hall–Kier alpha value is -2.80. The molecular formula is C26H33NO3. The zero-order valence-electron chi connectivity index (χ0n) is 18.1. The van der Waals surface area contributed by atoms with E-state index in [4.69, 9.17) is 16.0 Å². The van der Waals surface area contributed by atoms with Crippen LogP contribution in [0.3, 0.4) is 0 Å². The molecule has 0 N–H and O–H groups in total. The maximum Gasteiger partial charge on any atom is 0.343 e. The lowest BCUT2D eigenvalue weighted by Gasteiger charge is -2.08. The average Bonchev–Trinajstić information content (AvgIpc) is 2.78. The van der Waals surface area contributed by atoms with Crippen molar-refractivity contribution in [2.75, 3.05) is 6.61 Å². The summed E-state index contributed by atoms with van der Waals surface area (Å²) in [7, 11) is 0. The van der Waals surface area contributed by atoms with Crippen LogP contribution in [0, 0.1) is 6.57 Å². The predicted octanol–water partition coefficient (Wildman–Crippen LogP) is 7.76. The van der Waals surface area contributed by atoms with Gasteiger partial charge in [-0.25, -0.2) is 9.64 Å². The van der Waals surface area contributed by atoms with Gasteiger partial charge >= 0.3 is 5.97 Å². The Bertz CT molecular complexity index is 775. The number of hydrogen-bond donors (Lipinski definition) is 0. The first-order valence-electron chi connectivity index (χ1n) is 11.2. The third kappa shape index (κ3) is 9.13. The quantitative estimate of drug-likeness (QED) is 0.139. The van der Waals surface area contributed by atoms with E-state index in [0.717, 1.165) is 12.2 Å².